The summed E-state index contributed by atoms with van der Waals surface area (Å²) in [4.78, 5) is 4.55. The second kappa shape index (κ2) is 13.8. The molecule has 0 radical (unpaired) electrons. The maximum absolute atomic E-state index is 5.39. The first kappa shape index (κ1) is 21.1. The molecule has 1 aromatic rings. The first-order chi connectivity index (χ1) is 10.3. The summed E-state index contributed by atoms with van der Waals surface area (Å²) in [7, 11) is 1.69. The van der Waals surface area contributed by atoms with Crippen molar-refractivity contribution >= 4 is 29.9 Å². The lowest BCUT2D eigenvalue weighted by atomic mass is 10.1. The van der Waals surface area contributed by atoms with Crippen LogP contribution in [0.3, 0.4) is 0 Å². The largest absolute Gasteiger partial charge is 0.383 e. The number of ether oxygens (including phenoxy) is 2. The Morgan fingerprint density at radius 2 is 1.77 bits per heavy atom. The smallest absolute Gasteiger partial charge is 0.191 e. The molecule has 0 aliphatic heterocycles. The summed E-state index contributed by atoms with van der Waals surface area (Å²) in [5.74, 6) is 0.813. The van der Waals surface area contributed by atoms with Gasteiger partial charge in [-0.3, -0.25) is 0 Å². The van der Waals surface area contributed by atoms with Gasteiger partial charge in [0.2, 0.25) is 0 Å². The zero-order valence-electron chi connectivity index (χ0n) is 13.7. The van der Waals surface area contributed by atoms with Crippen LogP contribution in [-0.4, -0.2) is 39.4 Å². The fourth-order valence-corrected chi connectivity index (χ4v) is 1.74. The minimum Gasteiger partial charge on any atom is -0.383 e. The Hall–Kier alpha value is -0.860. The lowest BCUT2D eigenvalue weighted by molar-refractivity contribution is 0.134. The second-order valence-electron chi connectivity index (χ2n) is 4.57. The van der Waals surface area contributed by atoms with Crippen molar-refractivity contribution in [2.75, 3.05) is 33.4 Å². The van der Waals surface area contributed by atoms with E-state index in [-0.39, 0.29) is 24.0 Å². The minimum atomic E-state index is 0. The standard InChI is InChI=1S/C16H27N3O2.HI/c1-4-17-16(18-10-11-20-3)19-12-14-6-8-15(9-7-14)13-21-5-2;/h6-9H,4-5,10-13H2,1-3H3,(H2,17,18,19);1H. The van der Waals surface area contributed by atoms with Crippen LogP contribution in [0.2, 0.25) is 0 Å². The van der Waals surface area contributed by atoms with Gasteiger partial charge in [0, 0.05) is 26.8 Å². The number of hydrogen-bond donors (Lipinski definition) is 2. The summed E-state index contributed by atoms with van der Waals surface area (Å²) in [5.41, 5.74) is 2.37. The summed E-state index contributed by atoms with van der Waals surface area (Å²) in [6.07, 6.45) is 0. The summed E-state index contributed by atoms with van der Waals surface area (Å²) in [5, 5.41) is 6.44. The molecule has 1 rings (SSSR count). The van der Waals surface area contributed by atoms with Crippen molar-refractivity contribution in [2.45, 2.75) is 27.0 Å². The van der Waals surface area contributed by atoms with Gasteiger partial charge in [0.15, 0.2) is 5.96 Å². The number of guanidine groups is 1. The van der Waals surface area contributed by atoms with Gasteiger partial charge in [-0.25, -0.2) is 4.99 Å². The Morgan fingerprint density at radius 1 is 1.09 bits per heavy atom. The fraction of sp³-hybridized carbons (Fsp3) is 0.562. The first-order valence-corrected chi connectivity index (χ1v) is 7.46. The van der Waals surface area contributed by atoms with Crippen LogP contribution in [-0.2, 0) is 22.6 Å². The van der Waals surface area contributed by atoms with E-state index in [0.29, 0.717) is 19.8 Å². The van der Waals surface area contributed by atoms with Gasteiger partial charge in [-0.2, -0.15) is 0 Å². The van der Waals surface area contributed by atoms with E-state index in [1.54, 1.807) is 7.11 Å². The van der Waals surface area contributed by atoms with E-state index < -0.39 is 0 Å². The SMILES string of the molecule is CCNC(=NCc1ccc(COCC)cc1)NCCOC.I. The monoisotopic (exact) mass is 421 g/mol. The average Bonchev–Trinajstić information content (AvgIpc) is 2.52. The van der Waals surface area contributed by atoms with Crippen molar-refractivity contribution < 1.29 is 9.47 Å². The molecule has 0 saturated heterocycles. The summed E-state index contributed by atoms with van der Waals surface area (Å²) in [6.45, 7) is 8.36. The normalized spacial score (nSPS) is 11.0. The van der Waals surface area contributed by atoms with Crippen LogP contribution in [0, 0.1) is 0 Å². The third-order valence-corrected chi connectivity index (χ3v) is 2.86. The van der Waals surface area contributed by atoms with E-state index >= 15 is 0 Å². The second-order valence-corrected chi connectivity index (χ2v) is 4.57. The molecule has 0 heterocycles. The van der Waals surface area contributed by atoms with Crippen molar-refractivity contribution in [1.82, 2.24) is 10.6 Å². The van der Waals surface area contributed by atoms with Gasteiger partial charge in [-0.15, -0.1) is 24.0 Å². The van der Waals surface area contributed by atoms with E-state index in [1.807, 2.05) is 6.92 Å². The number of nitrogens with one attached hydrogen (secondary N) is 2. The molecule has 0 bridgehead atoms. The van der Waals surface area contributed by atoms with Gasteiger partial charge < -0.3 is 20.1 Å². The van der Waals surface area contributed by atoms with Gasteiger partial charge in [0.1, 0.15) is 0 Å². The highest BCUT2D eigenvalue weighted by molar-refractivity contribution is 14.0. The van der Waals surface area contributed by atoms with E-state index in [4.69, 9.17) is 9.47 Å². The predicted molar refractivity (Wildman–Crippen MR) is 102 cm³/mol. The van der Waals surface area contributed by atoms with E-state index in [0.717, 1.165) is 25.7 Å². The van der Waals surface area contributed by atoms with E-state index in [2.05, 4.69) is 46.8 Å². The third kappa shape index (κ3) is 9.22. The Morgan fingerprint density at radius 3 is 2.36 bits per heavy atom. The van der Waals surface area contributed by atoms with Crippen molar-refractivity contribution in [3.63, 3.8) is 0 Å². The average molecular weight is 421 g/mol. The van der Waals surface area contributed by atoms with Gasteiger partial charge in [-0.1, -0.05) is 24.3 Å². The quantitative estimate of drug-likeness (QED) is 0.279. The van der Waals surface area contributed by atoms with Crippen LogP contribution in [0.5, 0.6) is 0 Å². The molecule has 2 N–H and O–H groups in total. The van der Waals surface area contributed by atoms with Crippen LogP contribution < -0.4 is 10.6 Å². The molecule has 0 fully saturated rings. The van der Waals surface area contributed by atoms with Crippen LogP contribution in [0.25, 0.3) is 0 Å². The zero-order chi connectivity index (χ0) is 15.3. The molecular formula is C16H28IN3O2. The van der Waals surface area contributed by atoms with Crippen LogP contribution in [0.15, 0.2) is 29.3 Å². The van der Waals surface area contributed by atoms with Gasteiger partial charge >= 0.3 is 0 Å². The molecule has 0 atom stereocenters. The molecular weight excluding hydrogens is 393 g/mol. The number of hydrogen-bond acceptors (Lipinski definition) is 3. The molecule has 22 heavy (non-hydrogen) atoms. The number of halogens is 1. The summed E-state index contributed by atoms with van der Waals surface area (Å²) in [6, 6.07) is 8.37. The minimum absolute atomic E-state index is 0. The number of benzene rings is 1. The molecule has 6 heteroatoms. The predicted octanol–water partition coefficient (Wildman–Crippen LogP) is 2.54. The number of methoxy groups -OCH3 is 1. The Kier molecular flexibility index (Phi) is 13.2. The van der Waals surface area contributed by atoms with Crippen molar-refractivity contribution in [3.8, 4) is 0 Å². The topological polar surface area (TPSA) is 54.9 Å². The van der Waals surface area contributed by atoms with Crippen molar-refractivity contribution in [3.05, 3.63) is 35.4 Å². The zero-order valence-corrected chi connectivity index (χ0v) is 16.1. The van der Waals surface area contributed by atoms with Crippen molar-refractivity contribution in [1.29, 1.82) is 0 Å². The third-order valence-electron chi connectivity index (χ3n) is 2.86. The number of aliphatic imine (C=N–C) groups is 1. The number of nitrogens with zero attached hydrogens (tertiary/aromatic N) is 1. The Balaban J connectivity index is 0.00000441. The molecule has 126 valence electrons. The molecule has 0 aliphatic rings. The van der Waals surface area contributed by atoms with Crippen LogP contribution in [0.4, 0.5) is 0 Å². The molecule has 0 saturated carbocycles. The summed E-state index contributed by atoms with van der Waals surface area (Å²) < 4.78 is 10.4. The highest BCUT2D eigenvalue weighted by Gasteiger charge is 1.98. The lowest BCUT2D eigenvalue weighted by Gasteiger charge is -2.10. The highest BCUT2D eigenvalue weighted by Crippen LogP contribution is 2.07. The van der Waals surface area contributed by atoms with Gasteiger partial charge in [-0.05, 0) is 25.0 Å². The van der Waals surface area contributed by atoms with E-state index in [9.17, 15) is 0 Å². The molecule has 5 nitrogen and oxygen atoms in total. The molecule has 0 aliphatic carbocycles. The maximum atomic E-state index is 5.39. The first-order valence-electron chi connectivity index (χ1n) is 7.46. The maximum Gasteiger partial charge on any atom is 0.191 e. The Bertz CT molecular complexity index is 410. The lowest BCUT2D eigenvalue weighted by Crippen LogP contribution is -2.38. The Labute approximate surface area is 150 Å². The van der Waals surface area contributed by atoms with Gasteiger partial charge in [0.25, 0.3) is 0 Å². The molecule has 0 amide bonds. The fourth-order valence-electron chi connectivity index (χ4n) is 1.74. The van der Waals surface area contributed by atoms with Crippen LogP contribution in [0.1, 0.15) is 25.0 Å². The van der Waals surface area contributed by atoms with E-state index in [1.165, 1.54) is 11.1 Å². The molecule has 0 spiro atoms. The molecule has 1 aromatic carbocycles. The molecule has 0 aromatic heterocycles. The van der Waals surface area contributed by atoms with Crippen LogP contribution >= 0.6 is 24.0 Å². The molecule has 0 unspecified atom stereocenters. The van der Waals surface area contributed by atoms with Crippen molar-refractivity contribution in [2.24, 2.45) is 4.99 Å². The summed E-state index contributed by atoms with van der Waals surface area (Å²) >= 11 is 0. The highest BCUT2D eigenvalue weighted by atomic mass is 127. The van der Waals surface area contributed by atoms with Gasteiger partial charge in [0.05, 0.1) is 19.8 Å². The number of rotatable bonds is 9.